The number of aromatic nitrogens is 2. The smallest absolute Gasteiger partial charge is 0.322 e. The summed E-state index contributed by atoms with van der Waals surface area (Å²) in [5.74, 6) is 0.631. The normalized spacial score (nSPS) is 15.1. The van der Waals surface area contributed by atoms with Crippen LogP contribution in [0.2, 0.25) is 0 Å². The van der Waals surface area contributed by atoms with Crippen LogP contribution in [0.3, 0.4) is 0 Å². The molecule has 0 bridgehead atoms. The topological polar surface area (TPSA) is 124 Å². The van der Waals surface area contributed by atoms with Crippen LogP contribution in [0.1, 0.15) is 12.8 Å². The van der Waals surface area contributed by atoms with Gasteiger partial charge in [-0.05, 0) is 43.4 Å². The highest BCUT2D eigenvalue weighted by atomic mass is 32.2. The number of piperidine rings is 1. The Morgan fingerprint density at radius 1 is 1.11 bits per heavy atom. The maximum absolute atomic E-state index is 13.1. The second kappa shape index (κ2) is 10.7. The Hall–Kier alpha value is -3.09. The molecule has 4 rings (SSSR count). The SMILES string of the molecule is COc1ccc(-c2nnc(NC(=O)C3CCN(S(=O)(=O)c4ccccc4SC)CC3)o2)c(OC)c1. The standard InChI is InChI=1S/C23H26N4O6S2/c1-31-16-8-9-17(18(14-16)32-2)22-25-26-23(33-22)24-21(28)15-10-12-27(13-11-15)35(29,30)20-7-5-4-6-19(20)34-3/h4-9,14-15H,10-13H2,1-3H3,(H,24,26,28). The maximum Gasteiger partial charge on any atom is 0.322 e. The zero-order chi connectivity index (χ0) is 25.0. The van der Waals surface area contributed by atoms with Crippen molar-refractivity contribution in [3.8, 4) is 23.0 Å². The third kappa shape index (κ3) is 5.29. The van der Waals surface area contributed by atoms with Crippen molar-refractivity contribution in [3.63, 3.8) is 0 Å². The second-order valence-corrected chi connectivity index (χ2v) is 10.6. The largest absolute Gasteiger partial charge is 0.497 e. The summed E-state index contributed by atoms with van der Waals surface area (Å²) in [7, 11) is -0.562. The molecule has 0 radical (unpaired) electrons. The molecule has 1 aliphatic rings. The van der Waals surface area contributed by atoms with Crippen molar-refractivity contribution in [2.45, 2.75) is 22.6 Å². The highest BCUT2D eigenvalue weighted by Gasteiger charge is 2.33. The minimum absolute atomic E-state index is 0.0354. The van der Waals surface area contributed by atoms with E-state index >= 15 is 0 Å². The Morgan fingerprint density at radius 3 is 2.54 bits per heavy atom. The van der Waals surface area contributed by atoms with Crippen molar-refractivity contribution < 1.29 is 27.1 Å². The average Bonchev–Trinajstić information content (AvgIpc) is 3.36. The summed E-state index contributed by atoms with van der Waals surface area (Å²) in [6, 6.07) is 12.1. The van der Waals surface area contributed by atoms with E-state index in [1.54, 1.807) is 43.5 Å². The summed E-state index contributed by atoms with van der Waals surface area (Å²) >= 11 is 1.39. The van der Waals surface area contributed by atoms with Crippen LogP contribution in [0, 0.1) is 5.92 Å². The molecule has 1 saturated heterocycles. The lowest BCUT2D eigenvalue weighted by molar-refractivity contribution is -0.121. The second-order valence-electron chi connectivity index (χ2n) is 7.80. The first kappa shape index (κ1) is 25.0. The number of benzene rings is 2. The van der Waals surface area contributed by atoms with Gasteiger partial charge in [-0.25, -0.2) is 8.42 Å². The summed E-state index contributed by atoms with van der Waals surface area (Å²) < 4.78 is 43.9. The first-order valence-electron chi connectivity index (χ1n) is 10.9. The van der Waals surface area contributed by atoms with Gasteiger partial charge in [0.25, 0.3) is 5.89 Å². The first-order chi connectivity index (χ1) is 16.9. The molecule has 186 valence electrons. The van der Waals surface area contributed by atoms with Crippen molar-refractivity contribution >= 4 is 33.7 Å². The van der Waals surface area contributed by atoms with Gasteiger partial charge in [0.15, 0.2) is 0 Å². The lowest BCUT2D eigenvalue weighted by Gasteiger charge is -2.30. The molecule has 1 amide bonds. The Labute approximate surface area is 208 Å². The Balaban J connectivity index is 1.39. The van der Waals surface area contributed by atoms with Gasteiger partial charge in [0.1, 0.15) is 11.5 Å². The predicted octanol–water partition coefficient (Wildman–Crippen LogP) is 3.52. The average molecular weight is 519 g/mol. The van der Waals surface area contributed by atoms with Crippen LogP contribution in [0.25, 0.3) is 11.5 Å². The maximum atomic E-state index is 13.1. The monoisotopic (exact) mass is 518 g/mol. The van der Waals surface area contributed by atoms with Crippen LogP contribution >= 0.6 is 11.8 Å². The van der Waals surface area contributed by atoms with Crippen LogP contribution in [-0.2, 0) is 14.8 Å². The Morgan fingerprint density at radius 2 is 1.86 bits per heavy atom. The van der Waals surface area contributed by atoms with Crippen LogP contribution < -0.4 is 14.8 Å². The van der Waals surface area contributed by atoms with Gasteiger partial charge in [-0.2, -0.15) is 4.31 Å². The first-order valence-corrected chi connectivity index (χ1v) is 13.5. The van der Waals surface area contributed by atoms with E-state index in [0.717, 1.165) is 0 Å². The molecule has 1 aliphatic heterocycles. The van der Waals surface area contributed by atoms with E-state index < -0.39 is 10.0 Å². The van der Waals surface area contributed by atoms with Crippen molar-refractivity contribution in [3.05, 3.63) is 42.5 Å². The van der Waals surface area contributed by atoms with Gasteiger partial charge >= 0.3 is 6.01 Å². The lowest BCUT2D eigenvalue weighted by atomic mass is 9.97. The van der Waals surface area contributed by atoms with Gasteiger partial charge in [0.2, 0.25) is 15.9 Å². The molecule has 0 spiro atoms. The quantitative estimate of drug-likeness (QED) is 0.446. The van der Waals surface area contributed by atoms with Gasteiger partial charge in [0.05, 0.1) is 24.7 Å². The number of thioether (sulfide) groups is 1. The molecule has 10 nitrogen and oxygen atoms in total. The molecule has 2 heterocycles. The molecule has 35 heavy (non-hydrogen) atoms. The van der Waals surface area contributed by atoms with Crippen LogP contribution in [-0.4, -0.2) is 62.4 Å². The van der Waals surface area contributed by atoms with E-state index in [4.69, 9.17) is 13.9 Å². The zero-order valence-corrected chi connectivity index (χ0v) is 21.2. The molecule has 3 aromatic rings. The molecule has 0 aliphatic carbocycles. The molecule has 1 fully saturated rings. The Bertz CT molecular complexity index is 1300. The van der Waals surface area contributed by atoms with Crippen molar-refractivity contribution in [1.82, 2.24) is 14.5 Å². The zero-order valence-electron chi connectivity index (χ0n) is 19.6. The van der Waals surface area contributed by atoms with Crippen molar-refractivity contribution in [2.75, 3.05) is 38.9 Å². The number of nitrogens with one attached hydrogen (secondary N) is 1. The highest BCUT2D eigenvalue weighted by Crippen LogP contribution is 2.34. The number of hydrogen-bond acceptors (Lipinski definition) is 9. The number of nitrogens with zero attached hydrogens (tertiary/aromatic N) is 3. The number of methoxy groups -OCH3 is 2. The molecule has 0 atom stereocenters. The lowest BCUT2D eigenvalue weighted by Crippen LogP contribution is -2.41. The van der Waals surface area contributed by atoms with Crippen molar-refractivity contribution in [2.24, 2.45) is 5.92 Å². The third-order valence-electron chi connectivity index (χ3n) is 5.81. The fourth-order valence-electron chi connectivity index (χ4n) is 3.89. The van der Waals surface area contributed by atoms with Gasteiger partial charge in [0, 0.05) is 30.0 Å². The van der Waals surface area contributed by atoms with E-state index in [2.05, 4.69) is 15.5 Å². The molecule has 12 heteroatoms. The van der Waals surface area contributed by atoms with Gasteiger partial charge in [-0.15, -0.1) is 16.9 Å². The molecular weight excluding hydrogens is 492 g/mol. The fraction of sp³-hybridized carbons (Fsp3) is 0.348. The number of hydrogen-bond donors (Lipinski definition) is 1. The van der Waals surface area contributed by atoms with E-state index in [1.807, 2.05) is 12.3 Å². The number of rotatable bonds is 8. The van der Waals surface area contributed by atoms with E-state index in [1.165, 1.54) is 23.2 Å². The fourth-order valence-corrected chi connectivity index (χ4v) is 6.49. The molecule has 1 aromatic heterocycles. The summed E-state index contributed by atoms with van der Waals surface area (Å²) in [6.45, 7) is 0.503. The molecular formula is C23H26N4O6S2. The summed E-state index contributed by atoms with van der Waals surface area (Å²) in [6.07, 6.45) is 2.62. The van der Waals surface area contributed by atoms with Crippen molar-refractivity contribution in [1.29, 1.82) is 0 Å². The Kier molecular flexibility index (Phi) is 7.63. The molecule has 0 saturated carbocycles. The van der Waals surface area contributed by atoms with Crippen LogP contribution in [0.15, 0.2) is 56.7 Å². The molecule has 1 N–H and O–H groups in total. The van der Waals surface area contributed by atoms with Gasteiger partial charge in [-0.1, -0.05) is 17.2 Å². The predicted molar refractivity (Wildman–Crippen MR) is 131 cm³/mol. The minimum Gasteiger partial charge on any atom is -0.497 e. The summed E-state index contributed by atoms with van der Waals surface area (Å²) in [4.78, 5) is 13.8. The van der Waals surface area contributed by atoms with Crippen LogP contribution in [0.5, 0.6) is 11.5 Å². The molecule has 2 aromatic carbocycles. The number of anilines is 1. The number of sulfonamides is 1. The number of ether oxygens (including phenoxy) is 2. The molecule has 0 unspecified atom stereocenters. The number of carbonyl (C=O) groups is 1. The third-order valence-corrected chi connectivity index (χ3v) is 8.69. The van der Waals surface area contributed by atoms with E-state index in [9.17, 15) is 13.2 Å². The number of carbonyl (C=O) groups excluding carboxylic acids is 1. The minimum atomic E-state index is -3.63. The van der Waals surface area contributed by atoms with Gasteiger partial charge in [-0.3, -0.25) is 10.1 Å². The van der Waals surface area contributed by atoms with E-state index in [0.29, 0.717) is 39.7 Å². The summed E-state index contributed by atoms with van der Waals surface area (Å²) in [5.41, 5.74) is 0.560. The van der Waals surface area contributed by atoms with Gasteiger partial charge < -0.3 is 13.9 Å². The van der Waals surface area contributed by atoms with E-state index in [-0.39, 0.29) is 36.8 Å². The number of amides is 1. The van der Waals surface area contributed by atoms with Crippen LogP contribution in [0.4, 0.5) is 6.01 Å². The highest BCUT2D eigenvalue weighted by molar-refractivity contribution is 7.99. The summed E-state index contributed by atoms with van der Waals surface area (Å²) in [5, 5.41) is 10.6.